The molecule has 4 nitrogen and oxygen atoms in total. The molecule has 0 N–H and O–H groups in total. The van der Waals surface area contributed by atoms with Crippen LogP contribution in [0.25, 0.3) is 0 Å². The molecule has 0 fully saturated rings. The highest BCUT2D eigenvalue weighted by atomic mass is 35.5. The van der Waals surface area contributed by atoms with Crippen molar-refractivity contribution >= 4 is 29.6 Å². The van der Waals surface area contributed by atoms with Crippen LogP contribution in [0, 0.1) is 13.8 Å². The molecule has 0 radical (unpaired) electrons. The van der Waals surface area contributed by atoms with Gasteiger partial charge in [0.15, 0.2) is 0 Å². The maximum atomic E-state index is 12.4. The van der Waals surface area contributed by atoms with Crippen LogP contribution in [0.1, 0.15) is 34.0 Å². The summed E-state index contributed by atoms with van der Waals surface area (Å²) in [5, 5.41) is 0.425. The monoisotopic (exact) mass is 358 g/mol. The van der Waals surface area contributed by atoms with E-state index < -0.39 is 0 Å². The molecule has 0 aliphatic carbocycles. The van der Waals surface area contributed by atoms with Gasteiger partial charge in [0, 0.05) is 13.6 Å². The number of nitrogens with zero attached hydrogens (tertiary/aromatic N) is 2. The van der Waals surface area contributed by atoms with Crippen LogP contribution >= 0.6 is 11.6 Å². The van der Waals surface area contributed by atoms with Crippen LogP contribution in [0.3, 0.4) is 0 Å². The number of esters is 1. The minimum Gasteiger partial charge on any atom is -0.457 e. The van der Waals surface area contributed by atoms with Gasteiger partial charge in [0.25, 0.3) is 0 Å². The molecule has 0 spiro atoms. The number of benzene rings is 2. The molecule has 2 rings (SSSR count). The van der Waals surface area contributed by atoms with E-state index in [0.717, 1.165) is 23.2 Å². The summed E-state index contributed by atoms with van der Waals surface area (Å²) in [6.07, 6.45) is 1.72. The highest BCUT2D eigenvalue weighted by molar-refractivity contribution is 6.33. The summed E-state index contributed by atoms with van der Waals surface area (Å²) < 4.78 is 5.44. The molecule has 0 saturated carbocycles. The molecule has 0 atom stereocenters. The van der Waals surface area contributed by atoms with Gasteiger partial charge >= 0.3 is 5.97 Å². The lowest BCUT2D eigenvalue weighted by Crippen LogP contribution is -2.14. The number of hydrogen-bond donors (Lipinski definition) is 0. The quantitative estimate of drug-likeness (QED) is 0.418. The van der Waals surface area contributed by atoms with Crippen LogP contribution in [0.4, 0.5) is 5.69 Å². The third-order valence-corrected chi connectivity index (χ3v) is 4.33. The molecule has 0 amide bonds. The number of carbonyl (C=O) groups is 1. The van der Waals surface area contributed by atoms with Crippen LogP contribution in [-0.4, -0.2) is 30.8 Å². The molecule has 0 heterocycles. The van der Waals surface area contributed by atoms with Crippen LogP contribution in [0.15, 0.2) is 41.4 Å². The Hall–Kier alpha value is -2.33. The maximum Gasteiger partial charge on any atom is 0.338 e. The van der Waals surface area contributed by atoms with Crippen LogP contribution < -0.4 is 0 Å². The van der Waals surface area contributed by atoms with Gasteiger partial charge in [-0.15, -0.1) is 0 Å². The number of aryl methyl sites for hydroxylation is 2. The van der Waals surface area contributed by atoms with E-state index in [4.69, 9.17) is 16.3 Å². The van der Waals surface area contributed by atoms with Crippen molar-refractivity contribution in [3.8, 4) is 0 Å². The predicted molar refractivity (Wildman–Crippen MR) is 103 cm³/mol. The Morgan fingerprint density at radius 1 is 1.24 bits per heavy atom. The Labute approximate surface area is 154 Å². The molecule has 0 aliphatic rings. The SMILES string of the molecule is CCN(C)/C=N/c1cc(C)c(C(=O)OCc2ccccc2C)cc1Cl. The lowest BCUT2D eigenvalue weighted by atomic mass is 10.1. The molecular weight excluding hydrogens is 336 g/mol. The Kier molecular flexibility index (Phi) is 6.59. The standard InChI is InChI=1S/C20H23ClN2O2/c1-5-23(4)13-22-19-10-15(3)17(11-18(19)21)20(24)25-12-16-9-7-6-8-14(16)2/h6-11,13H,5,12H2,1-4H3/b22-13+. The van der Waals surface area contributed by atoms with Gasteiger partial charge in [0.1, 0.15) is 6.61 Å². The van der Waals surface area contributed by atoms with Crippen molar-refractivity contribution in [2.24, 2.45) is 4.99 Å². The second-order valence-corrected chi connectivity index (χ2v) is 6.35. The molecule has 0 aromatic heterocycles. The number of halogens is 1. The first-order valence-corrected chi connectivity index (χ1v) is 8.56. The molecule has 0 aliphatic heterocycles. The second kappa shape index (κ2) is 8.67. The average Bonchev–Trinajstić information content (AvgIpc) is 2.60. The van der Waals surface area contributed by atoms with Gasteiger partial charge in [-0.1, -0.05) is 35.9 Å². The van der Waals surface area contributed by atoms with Crippen molar-refractivity contribution in [2.75, 3.05) is 13.6 Å². The molecular formula is C20H23ClN2O2. The van der Waals surface area contributed by atoms with Gasteiger partial charge in [-0.2, -0.15) is 0 Å². The Morgan fingerprint density at radius 3 is 2.64 bits per heavy atom. The van der Waals surface area contributed by atoms with Gasteiger partial charge < -0.3 is 9.64 Å². The summed E-state index contributed by atoms with van der Waals surface area (Å²) in [4.78, 5) is 18.7. The minimum atomic E-state index is -0.385. The van der Waals surface area contributed by atoms with Gasteiger partial charge in [-0.3, -0.25) is 0 Å². The van der Waals surface area contributed by atoms with Crippen molar-refractivity contribution in [3.05, 3.63) is 63.7 Å². The normalized spacial score (nSPS) is 10.9. The summed E-state index contributed by atoms with van der Waals surface area (Å²) in [5.74, 6) is -0.385. The summed E-state index contributed by atoms with van der Waals surface area (Å²) in [6.45, 7) is 6.97. The summed E-state index contributed by atoms with van der Waals surface area (Å²) in [6, 6.07) is 11.2. The lowest BCUT2D eigenvalue weighted by molar-refractivity contribution is 0.0471. The third kappa shape index (κ3) is 5.07. The van der Waals surface area contributed by atoms with E-state index in [1.165, 1.54) is 0 Å². The van der Waals surface area contributed by atoms with Crippen molar-refractivity contribution in [1.82, 2.24) is 4.90 Å². The molecule has 5 heteroatoms. The van der Waals surface area contributed by atoms with Crippen LogP contribution in [0.5, 0.6) is 0 Å². The number of hydrogen-bond acceptors (Lipinski definition) is 3. The summed E-state index contributed by atoms with van der Waals surface area (Å²) in [7, 11) is 1.93. The Balaban J connectivity index is 2.13. The van der Waals surface area contributed by atoms with E-state index in [2.05, 4.69) is 4.99 Å². The lowest BCUT2D eigenvalue weighted by Gasteiger charge is -2.11. The second-order valence-electron chi connectivity index (χ2n) is 5.94. The van der Waals surface area contributed by atoms with E-state index in [1.54, 1.807) is 18.5 Å². The first-order valence-electron chi connectivity index (χ1n) is 8.18. The summed E-state index contributed by atoms with van der Waals surface area (Å²) >= 11 is 6.27. The molecule has 25 heavy (non-hydrogen) atoms. The van der Waals surface area contributed by atoms with Crippen molar-refractivity contribution in [1.29, 1.82) is 0 Å². The zero-order valence-electron chi connectivity index (χ0n) is 15.0. The van der Waals surface area contributed by atoms with Gasteiger partial charge in [0.05, 0.1) is 22.6 Å². The molecule has 2 aromatic rings. The van der Waals surface area contributed by atoms with E-state index in [9.17, 15) is 4.79 Å². The smallest absolute Gasteiger partial charge is 0.338 e. The molecule has 0 bridgehead atoms. The van der Waals surface area contributed by atoms with E-state index in [-0.39, 0.29) is 12.6 Å². The molecule has 132 valence electrons. The maximum absolute atomic E-state index is 12.4. The third-order valence-electron chi connectivity index (χ3n) is 4.03. The van der Waals surface area contributed by atoms with Gasteiger partial charge in [-0.25, -0.2) is 9.79 Å². The fourth-order valence-electron chi connectivity index (χ4n) is 2.22. The topological polar surface area (TPSA) is 41.9 Å². The number of aliphatic imine (C=N–C) groups is 1. The average molecular weight is 359 g/mol. The van der Waals surface area contributed by atoms with Gasteiger partial charge in [-0.05, 0) is 49.6 Å². The zero-order valence-corrected chi connectivity index (χ0v) is 15.8. The molecule has 0 saturated heterocycles. The van der Waals surface area contributed by atoms with Crippen molar-refractivity contribution < 1.29 is 9.53 Å². The Bertz CT molecular complexity index is 787. The first-order chi connectivity index (χ1) is 11.9. The van der Waals surface area contributed by atoms with Crippen molar-refractivity contribution in [2.45, 2.75) is 27.4 Å². The minimum absolute atomic E-state index is 0.240. The fraction of sp³-hybridized carbons (Fsp3) is 0.300. The predicted octanol–water partition coefficient (Wildman–Crippen LogP) is 4.93. The fourth-order valence-corrected chi connectivity index (χ4v) is 2.43. The van der Waals surface area contributed by atoms with E-state index in [1.807, 2.05) is 57.0 Å². The first kappa shape index (κ1) is 19.0. The van der Waals surface area contributed by atoms with E-state index in [0.29, 0.717) is 16.3 Å². The molecule has 0 unspecified atom stereocenters. The highest BCUT2D eigenvalue weighted by Gasteiger charge is 2.14. The Morgan fingerprint density at radius 2 is 1.96 bits per heavy atom. The molecule has 2 aromatic carbocycles. The number of rotatable bonds is 6. The highest BCUT2D eigenvalue weighted by Crippen LogP contribution is 2.29. The largest absolute Gasteiger partial charge is 0.457 e. The summed E-state index contributed by atoms with van der Waals surface area (Å²) in [5.41, 5.74) is 3.96. The van der Waals surface area contributed by atoms with Gasteiger partial charge in [0.2, 0.25) is 0 Å². The van der Waals surface area contributed by atoms with E-state index >= 15 is 0 Å². The number of ether oxygens (including phenoxy) is 1. The van der Waals surface area contributed by atoms with Crippen LogP contribution in [-0.2, 0) is 11.3 Å². The van der Waals surface area contributed by atoms with Crippen molar-refractivity contribution in [3.63, 3.8) is 0 Å². The number of carbonyl (C=O) groups excluding carboxylic acids is 1. The van der Waals surface area contributed by atoms with Crippen LogP contribution in [0.2, 0.25) is 5.02 Å². The zero-order chi connectivity index (χ0) is 18.4.